The fourth-order valence-corrected chi connectivity index (χ4v) is 5.96. The first kappa shape index (κ1) is 19.8. The molecule has 2 aromatic rings. The van der Waals surface area contributed by atoms with Crippen molar-refractivity contribution in [2.75, 3.05) is 6.54 Å². The van der Waals surface area contributed by atoms with Gasteiger partial charge in [0.2, 0.25) is 17.7 Å². The van der Waals surface area contributed by atoms with E-state index in [-0.39, 0.29) is 28.6 Å². The number of H-pyrrole nitrogens is 1. The van der Waals surface area contributed by atoms with Gasteiger partial charge in [0.25, 0.3) is 0 Å². The first-order chi connectivity index (χ1) is 13.8. The molecule has 0 saturated carbocycles. The normalized spacial score (nSPS) is 25.8. The van der Waals surface area contributed by atoms with E-state index in [0.29, 0.717) is 11.4 Å². The Morgan fingerprint density at radius 3 is 2.86 bits per heavy atom. The van der Waals surface area contributed by atoms with E-state index in [9.17, 15) is 14.4 Å². The summed E-state index contributed by atoms with van der Waals surface area (Å²) in [5.41, 5.74) is 6.01. The van der Waals surface area contributed by atoms with Crippen molar-refractivity contribution < 1.29 is 14.4 Å². The van der Waals surface area contributed by atoms with Crippen molar-refractivity contribution in [1.29, 1.82) is 0 Å². The summed E-state index contributed by atoms with van der Waals surface area (Å²) in [6.07, 6.45) is 0. The fraction of sp³-hybridized carbons (Fsp3) is 0.500. The van der Waals surface area contributed by atoms with Crippen molar-refractivity contribution in [3.63, 3.8) is 0 Å². The smallest absolute Gasteiger partial charge is 0.249 e. The molecule has 4 atom stereocenters. The van der Waals surface area contributed by atoms with E-state index < -0.39 is 23.9 Å². The molecule has 2 aliphatic rings. The Balaban J connectivity index is 1.51. The van der Waals surface area contributed by atoms with Gasteiger partial charge in [-0.25, -0.2) is 0 Å². The van der Waals surface area contributed by atoms with E-state index in [2.05, 4.69) is 31.3 Å². The Hall–Kier alpha value is -2.51. The van der Waals surface area contributed by atoms with E-state index in [1.165, 1.54) is 11.3 Å². The van der Waals surface area contributed by atoms with Crippen LogP contribution >= 0.6 is 23.1 Å². The lowest BCUT2D eigenvalue weighted by Gasteiger charge is -2.44. The number of β-lactam (4-membered cyclic amide) rings is 1. The number of fused-ring (bicyclic) bond motifs is 1. The zero-order valence-corrected chi connectivity index (χ0v) is 17.3. The number of nitrogens with two attached hydrogens (primary N) is 1. The van der Waals surface area contributed by atoms with Gasteiger partial charge in [0, 0.05) is 4.75 Å². The molecule has 2 aromatic heterocycles. The van der Waals surface area contributed by atoms with Gasteiger partial charge >= 0.3 is 0 Å². The minimum absolute atomic E-state index is 0.217. The van der Waals surface area contributed by atoms with Crippen LogP contribution in [0.25, 0.3) is 0 Å². The number of thiophene rings is 1. The lowest BCUT2D eigenvalue weighted by molar-refractivity contribution is -0.152. The highest BCUT2D eigenvalue weighted by molar-refractivity contribution is 8.01. The first-order valence-corrected chi connectivity index (χ1v) is 10.7. The predicted molar refractivity (Wildman–Crippen MR) is 105 cm³/mol. The Labute approximate surface area is 174 Å². The van der Waals surface area contributed by atoms with Gasteiger partial charge in [-0.2, -0.15) is 16.6 Å². The number of rotatable bonds is 6. The molecule has 4 heterocycles. The number of aromatic nitrogens is 4. The molecule has 2 aliphatic heterocycles. The third kappa shape index (κ3) is 3.38. The van der Waals surface area contributed by atoms with Crippen molar-refractivity contribution in [3.05, 3.63) is 28.2 Å². The number of amides is 3. The van der Waals surface area contributed by atoms with Crippen molar-refractivity contribution in [1.82, 2.24) is 36.2 Å². The highest BCUT2D eigenvalue weighted by Gasteiger charge is 2.63. The SMILES string of the molecule is CC1(C)S[C@H]2C(NC(=O)C(NC(=O)CN)c3ccsc3)C(=O)N2C1c1nn[nH]n1. The topological polar surface area (TPSA) is 159 Å². The molecule has 154 valence electrons. The molecule has 3 unspecified atom stereocenters. The molecule has 13 heteroatoms. The van der Waals surface area contributed by atoms with E-state index in [0.717, 1.165) is 0 Å². The fourth-order valence-electron chi connectivity index (χ4n) is 3.65. The molecule has 4 rings (SSSR count). The standard InChI is InChI=1S/C16H20N8O3S2/c1-16(2)11(12-20-22-23-21-12)24-14(27)10(15(24)29-16)19-13(26)9(18-8(25)5-17)7-3-4-28-6-7/h3-4,6,9-11,15H,5,17H2,1-2H3,(H,18,25)(H,19,26)(H,20,21,22,23)/t9?,10?,11?,15-/m0/s1. The average molecular weight is 437 g/mol. The summed E-state index contributed by atoms with van der Waals surface area (Å²) in [5, 5.41) is 22.8. The number of thioether (sulfide) groups is 1. The summed E-state index contributed by atoms with van der Waals surface area (Å²) in [6, 6.07) is -0.201. The van der Waals surface area contributed by atoms with Crippen LogP contribution in [-0.4, -0.2) is 66.0 Å². The highest BCUT2D eigenvalue weighted by atomic mass is 32.2. The Bertz CT molecular complexity index is 917. The minimum Gasteiger partial charge on any atom is -0.340 e. The molecule has 11 nitrogen and oxygen atoms in total. The van der Waals surface area contributed by atoms with Crippen LogP contribution < -0.4 is 16.4 Å². The van der Waals surface area contributed by atoms with Crippen molar-refractivity contribution in [2.24, 2.45) is 5.73 Å². The molecule has 29 heavy (non-hydrogen) atoms. The van der Waals surface area contributed by atoms with Gasteiger partial charge in [0.05, 0.1) is 6.54 Å². The van der Waals surface area contributed by atoms with Crippen molar-refractivity contribution in [2.45, 2.75) is 42.1 Å². The van der Waals surface area contributed by atoms with Crippen molar-refractivity contribution >= 4 is 40.8 Å². The van der Waals surface area contributed by atoms with Crippen molar-refractivity contribution in [3.8, 4) is 0 Å². The van der Waals surface area contributed by atoms with Gasteiger partial charge in [-0.3, -0.25) is 14.4 Å². The van der Waals surface area contributed by atoms with Gasteiger partial charge in [0.1, 0.15) is 23.5 Å². The second-order valence-electron chi connectivity index (χ2n) is 7.28. The molecule has 0 spiro atoms. The highest BCUT2D eigenvalue weighted by Crippen LogP contribution is 2.56. The van der Waals surface area contributed by atoms with Crippen LogP contribution in [0.3, 0.4) is 0 Å². The second kappa shape index (κ2) is 7.39. The first-order valence-electron chi connectivity index (χ1n) is 8.88. The van der Waals surface area contributed by atoms with Crippen LogP contribution in [0.1, 0.15) is 37.3 Å². The molecule has 0 aromatic carbocycles. The summed E-state index contributed by atoms with van der Waals surface area (Å²) in [5.74, 6) is -0.684. The molecular weight excluding hydrogens is 416 g/mol. The Morgan fingerprint density at radius 1 is 1.45 bits per heavy atom. The summed E-state index contributed by atoms with van der Waals surface area (Å²) < 4.78 is -0.357. The summed E-state index contributed by atoms with van der Waals surface area (Å²) >= 11 is 2.98. The van der Waals surface area contributed by atoms with Gasteiger partial charge in [-0.15, -0.1) is 22.0 Å². The maximum Gasteiger partial charge on any atom is 0.249 e. The summed E-state index contributed by atoms with van der Waals surface area (Å²) in [7, 11) is 0. The van der Waals surface area contributed by atoms with E-state index in [1.54, 1.807) is 28.1 Å². The van der Waals surface area contributed by atoms with Crippen LogP contribution in [0.4, 0.5) is 0 Å². The number of nitrogens with one attached hydrogen (secondary N) is 3. The molecule has 3 amide bonds. The number of carbonyl (C=O) groups excluding carboxylic acids is 3. The second-order valence-corrected chi connectivity index (χ2v) is 9.83. The molecule has 2 saturated heterocycles. The molecule has 5 N–H and O–H groups in total. The number of hydrogen-bond acceptors (Lipinski definition) is 9. The number of nitrogens with zero attached hydrogens (tertiary/aromatic N) is 4. The third-order valence-electron chi connectivity index (χ3n) is 4.97. The van der Waals surface area contributed by atoms with E-state index in [1.807, 2.05) is 19.2 Å². The maximum atomic E-state index is 12.9. The maximum absolute atomic E-state index is 12.9. The van der Waals surface area contributed by atoms with Crippen LogP contribution in [-0.2, 0) is 14.4 Å². The van der Waals surface area contributed by atoms with E-state index in [4.69, 9.17) is 5.73 Å². The summed E-state index contributed by atoms with van der Waals surface area (Å²) in [4.78, 5) is 39.2. The van der Waals surface area contributed by atoms with Gasteiger partial charge < -0.3 is 21.3 Å². The quantitative estimate of drug-likeness (QED) is 0.433. The largest absolute Gasteiger partial charge is 0.340 e. The predicted octanol–water partition coefficient (Wildman–Crippen LogP) is -0.703. The molecule has 0 radical (unpaired) electrons. The van der Waals surface area contributed by atoms with Gasteiger partial charge in [-0.05, 0) is 36.2 Å². The number of aromatic amines is 1. The van der Waals surface area contributed by atoms with E-state index >= 15 is 0 Å². The van der Waals surface area contributed by atoms with Gasteiger partial charge in [-0.1, -0.05) is 5.21 Å². The Morgan fingerprint density at radius 2 is 2.24 bits per heavy atom. The molecule has 0 bridgehead atoms. The molecule has 2 fully saturated rings. The monoisotopic (exact) mass is 436 g/mol. The average Bonchev–Trinajstić information content (AvgIpc) is 3.43. The lowest BCUT2D eigenvalue weighted by Crippen LogP contribution is -2.68. The summed E-state index contributed by atoms with van der Waals surface area (Å²) in [6.45, 7) is 3.76. The zero-order chi connectivity index (χ0) is 20.8. The zero-order valence-electron chi connectivity index (χ0n) is 15.7. The lowest BCUT2D eigenvalue weighted by atomic mass is 9.95. The molecule has 0 aliphatic carbocycles. The Kier molecular flexibility index (Phi) is 5.04. The van der Waals surface area contributed by atoms with Gasteiger partial charge in [0.15, 0.2) is 5.82 Å². The van der Waals surface area contributed by atoms with Crippen LogP contribution in [0.2, 0.25) is 0 Å². The van der Waals surface area contributed by atoms with Crippen LogP contribution in [0.5, 0.6) is 0 Å². The van der Waals surface area contributed by atoms with Crippen LogP contribution in [0, 0.1) is 0 Å². The minimum atomic E-state index is -0.911. The number of tetrazole rings is 1. The number of hydrogen-bond donors (Lipinski definition) is 4. The molecular formula is C16H20N8O3S2. The van der Waals surface area contributed by atoms with Crippen LogP contribution in [0.15, 0.2) is 16.8 Å². The third-order valence-corrected chi connectivity index (χ3v) is 7.25. The number of carbonyl (C=O) groups is 3.